The molecule has 3 N–H and O–H groups in total. The highest BCUT2D eigenvalue weighted by Crippen LogP contribution is 2.22. The van der Waals surface area contributed by atoms with Crippen LogP contribution in [0.3, 0.4) is 0 Å². The van der Waals surface area contributed by atoms with Crippen molar-refractivity contribution in [1.29, 1.82) is 0 Å². The summed E-state index contributed by atoms with van der Waals surface area (Å²) in [6, 6.07) is 6.41. The summed E-state index contributed by atoms with van der Waals surface area (Å²) in [5.41, 5.74) is 9.79. The molecule has 0 bridgehead atoms. The molecule has 4 nitrogen and oxygen atoms in total. The number of nitrogens with one attached hydrogen (secondary N) is 1. The lowest BCUT2D eigenvalue weighted by Gasteiger charge is -2.22. The van der Waals surface area contributed by atoms with E-state index in [2.05, 4.69) is 42.4 Å². The molecule has 2 rings (SSSR count). The molecule has 23 heavy (non-hydrogen) atoms. The summed E-state index contributed by atoms with van der Waals surface area (Å²) in [6.07, 6.45) is 8.23. The zero-order chi connectivity index (χ0) is 16.5. The molecule has 0 amide bonds. The second kappa shape index (κ2) is 9.56. The Morgan fingerprint density at radius 2 is 2.00 bits per heavy atom. The van der Waals surface area contributed by atoms with Gasteiger partial charge in [0, 0.05) is 18.8 Å². The van der Waals surface area contributed by atoms with Gasteiger partial charge in [0.25, 0.3) is 0 Å². The first-order valence-corrected chi connectivity index (χ1v) is 9.03. The fourth-order valence-electron chi connectivity index (χ4n) is 3.12. The molecule has 1 aromatic carbocycles. The van der Waals surface area contributed by atoms with E-state index < -0.39 is 0 Å². The largest absolute Gasteiger partial charge is 0.378 e. The molecule has 0 aliphatic carbocycles. The summed E-state index contributed by atoms with van der Waals surface area (Å²) in [5, 5.41) is 3.32. The fourth-order valence-corrected chi connectivity index (χ4v) is 3.12. The van der Waals surface area contributed by atoms with Gasteiger partial charge in [-0.3, -0.25) is 4.99 Å². The first-order chi connectivity index (χ1) is 11.2. The van der Waals surface area contributed by atoms with E-state index in [1.165, 1.54) is 30.4 Å². The minimum Gasteiger partial charge on any atom is -0.378 e. The lowest BCUT2D eigenvalue weighted by atomic mass is 10.0. The van der Waals surface area contributed by atoms with Crippen LogP contribution in [0, 0.1) is 0 Å². The number of nitrogens with zero attached hydrogens (tertiary/aromatic N) is 1. The van der Waals surface area contributed by atoms with Crippen molar-refractivity contribution in [3.63, 3.8) is 0 Å². The first-order valence-electron chi connectivity index (χ1n) is 9.03. The highest BCUT2D eigenvalue weighted by Gasteiger charge is 2.13. The number of para-hydroxylation sites is 1. The monoisotopic (exact) mass is 317 g/mol. The van der Waals surface area contributed by atoms with Gasteiger partial charge in [0.1, 0.15) is 0 Å². The predicted octanol–water partition coefficient (Wildman–Crippen LogP) is 3.89. The normalized spacial score (nSPS) is 18.9. The second-order valence-corrected chi connectivity index (χ2v) is 6.18. The minimum absolute atomic E-state index is 0.431. The summed E-state index contributed by atoms with van der Waals surface area (Å²) < 4.78 is 5.75. The van der Waals surface area contributed by atoms with Gasteiger partial charge < -0.3 is 15.8 Å². The summed E-state index contributed by atoms with van der Waals surface area (Å²) in [4.78, 5) is 4.48. The standard InChI is InChI=1S/C19H31N3O/c1-3-15-9-7-10-16(4-2)18(15)22-19(20)21-13-8-12-17-11-5-6-14-23-17/h7,9-10,17H,3-6,8,11-14H2,1-2H3,(H3,20,21,22). The molecule has 0 radical (unpaired) electrons. The van der Waals surface area contributed by atoms with Gasteiger partial charge in [-0.2, -0.15) is 0 Å². The number of rotatable bonds is 7. The molecule has 1 fully saturated rings. The second-order valence-electron chi connectivity index (χ2n) is 6.18. The maximum absolute atomic E-state index is 6.08. The average Bonchev–Trinajstić information content (AvgIpc) is 2.60. The molecular weight excluding hydrogens is 286 g/mol. The number of anilines is 1. The number of guanidine groups is 1. The van der Waals surface area contributed by atoms with E-state index >= 15 is 0 Å². The van der Waals surface area contributed by atoms with Gasteiger partial charge in [0.2, 0.25) is 0 Å². The Kier molecular flexibility index (Phi) is 7.40. The van der Waals surface area contributed by atoms with Crippen molar-refractivity contribution in [2.45, 2.75) is 64.9 Å². The van der Waals surface area contributed by atoms with Crippen molar-refractivity contribution < 1.29 is 4.74 Å². The van der Waals surface area contributed by atoms with Gasteiger partial charge in [-0.15, -0.1) is 0 Å². The number of nitrogens with two attached hydrogens (primary N) is 1. The van der Waals surface area contributed by atoms with Gasteiger partial charge in [0.15, 0.2) is 5.96 Å². The number of hydrogen-bond donors (Lipinski definition) is 2. The topological polar surface area (TPSA) is 59.6 Å². The predicted molar refractivity (Wildman–Crippen MR) is 98.1 cm³/mol. The van der Waals surface area contributed by atoms with E-state index in [4.69, 9.17) is 10.5 Å². The van der Waals surface area contributed by atoms with Crippen LogP contribution in [0.15, 0.2) is 23.2 Å². The minimum atomic E-state index is 0.431. The Balaban J connectivity index is 1.84. The van der Waals surface area contributed by atoms with Crippen molar-refractivity contribution in [2.24, 2.45) is 10.7 Å². The smallest absolute Gasteiger partial charge is 0.193 e. The van der Waals surface area contributed by atoms with Crippen LogP contribution in [0.2, 0.25) is 0 Å². The average molecular weight is 317 g/mol. The molecule has 1 heterocycles. The first kappa shape index (κ1) is 17.8. The van der Waals surface area contributed by atoms with Crippen LogP contribution in [-0.2, 0) is 17.6 Å². The summed E-state index contributed by atoms with van der Waals surface area (Å²) >= 11 is 0. The van der Waals surface area contributed by atoms with Crippen LogP contribution in [0.4, 0.5) is 5.69 Å². The molecule has 1 atom stereocenters. The van der Waals surface area contributed by atoms with Gasteiger partial charge in [0.05, 0.1) is 6.10 Å². The van der Waals surface area contributed by atoms with E-state index in [1.807, 2.05) is 0 Å². The molecule has 128 valence electrons. The van der Waals surface area contributed by atoms with Crippen LogP contribution >= 0.6 is 0 Å². The lowest BCUT2D eigenvalue weighted by Crippen LogP contribution is -2.24. The van der Waals surface area contributed by atoms with E-state index in [0.29, 0.717) is 12.1 Å². The van der Waals surface area contributed by atoms with Crippen molar-refractivity contribution in [3.8, 4) is 0 Å². The van der Waals surface area contributed by atoms with Crippen molar-refractivity contribution in [3.05, 3.63) is 29.3 Å². The zero-order valence-electron chi connectivity index (χ0n) is 14.6. The number of benzene rings is 1. The van der Waals surface area contributed by atoms with E-state index in [-0.39, 0.29) is 0 Å². The van der Waals surface area contributed by atoms with Crippen LogP contribution < -0.4 is 11.1 Å². The van der Waals surface area contributed by atoms with Crippen LogP contribution in [0.5, 0.6) is 0 Å². The van der Waals surface area contributed by atoms with Crippen LogP contribution in [0.25, 0.3) is 0 Å². The van der Waals surface area contributed by atoms with E-state index in [9.17, 15) is 0 Å². The third-order valence-corrected chi connectivity index (χ3v) is 4.49. The molecule has 0 aromatic heterocycles. The summed E-state index contributed by atoms with van der Waals surface area (Å²) in [6.45, 7) is 6.01. The van der Waals surface area contributed by atoms with Crippen molar-refractivity contribution in [1.82, 2.24) is 0 Å². The highest BCUT2D eigenvalue weighted by atomic mass is 16.5. The quantitative estimate of drug-likeness (QED) is 0.456. The Morgan fingerprint density at radius 3 is 2.61 bits per heavy atom. The van der Waals surface area contributed by atoms with Gasteiger partial charge in [-0.25, -0.2) is 0 Å². The molecule has 4 heteroatoms. The Bertz CT molecular complexity index is 485. The maximum Gasteiger partial charge on any atom is 0.193 e. The van der Waals surface area contributed by atoms with Gasteiger partial charge in [-0.05, 0) is 56.1 Å². The highest BCUT2D eigenvalue weighted by molar-refractivity contribution is 5.93. The Labute approximate surface area is 140 Å². The van der Waals surface area contributed by atoms with E-state index in [1.54, 1.807) is 0 Å². The molecular formula is C19H31N3O. The third kappa shape index (κ3) is 5.54. The van der Waals surface area contributed by atoms with Crippen molar-refractivity contribution in [2.75, 3.05) is 18.5 Å². The number of ether oxygens (including phenoxy) is 1. The van der Waals surface area contributed by atoms with E-state index in [0.717, 1.165) is 44.5 Å². The fraction of sp³-hybridized carbons (Fsp3) is 0.632. The van der Waals surface area contributed by atoms with Crippen molar-refractivity contribution >= 4 is 11.6 Å². The lowest BCUT2D eigenvalue weighted by molar-refractivity contribution is 0.0105. The molecule has 1 aliphatic rings. The number of aliphatic imine (C=N–C) groups is 1. The summed E-state index contributed by atoms with van der Waals surface area (Å²) in [7, 11) is 0. The van der Waals surface area contributed by atoms with Crippen LogP contribution in [0.1, 0.15) is 57.1 Å². The molecule has 0 saturated carbocycles. The molecule has 1 unspecified atom stereocenters. The number of hydrogen-bond acceptors (Lipinski definition) is 2. The van der Waals surface area contributed by atoms with Gasteiger partial charge >= 0.3 is 0 Å². The molecule has 1 aliphatic heterocycles. The maximum atomic E-state index is 6.08. The third-order valence-electron chi connectivity index (χ3n) is 4.49. The molecule has 1 saturated heterocycles. The molecule has 1 aromatic rings. The summed E-state index contributed by atoms with van der Waals surface area (Å²) in [5.74, 6) is 0.519. The molecule has 0 spiro atoms. The zero-order valence-corrected chi connectivity index (χ0v) is 14.6. The SMILES string of the molecule is CCc1cccc(CC)c1NC(N)=NCCCC1CCCCO1. The Hall–Kier alpha value is -1.55. The van der Waals surface area contributed by atoms with Crippen LogP contribution in [-0.4, -0.2) is 25.2 Å². The van der Waals surface area contributed by atoms with Gasteiger partial charge in [-0.1, -0.05) is 32.0 Å². The Morgan fingerprint density at radius 1 is 1.26 bits per heavy atom. The number of aryl methyl sites for hydroxylation is 2.